The summed E-state index contributed by atoms with van der Waals surface area (Å²) in [5, 5.41) is 8.52. The largest absolute Gasteiger partial charge is 0.445 e. The van der Waals surface area contributed by atoms with E-state index in [1.54, 1.807) is 24.3 Å². The lowest BCUT2D eigenvalue weighted by atomic mass is 9.98. The molecule has 1 fully saturated rings. The quantitative estimate of drug-likeness (QED) is 0.436. The molecule has 1 aliphatic heterocycles. The van der Waals surface area contributed by atoms with Crippen LogP contribution < -0.4 is 16.0 Å². The van der Waals surface area contributed by atoms with Crippen LogP contribution in [0.4, 0.5) is 4.79 Å². The van der Waals surface area contributed by atoms with Gasteiger partial charge in [0.1, 0.15) is 18.9 Å². The van der Waals surface area contributed by atoms with E-state index in [1.807, 2.05) is 26.0 Å². The first kappa shape index (κ1) is 25.4. The number of halogens is 1. The molecule has 0 unspecified atom stereocenters. The normalized spacial score (nSPS) is 17.6. The van der Waals surface area contributed by atoms with Crippen LogP contribution in [-0.4, -0.2) is 49.4 Å². The van der Waals surface area contributed by atoms with Crippen LogP contribution in [0.3, 0.4) is 0 Å². The highest BCUT2D eigenvalue weighted by Crippen LogP contribution is 2.16. The maximum absolute atomic E-state index is 12.7. The SMILES string of the molecule is CC(C)C[C@H](NC(=O)OC/C=C/c1cccc(Cl)c1)C(=O)N[C@H](C=O)C[C@@H]1CCNC1=O. The average molecular weight is 464 g/mol. The fourth-order valence-corrected chi connectivity index (χ4v) is 3.61. The van der Waals surface area contributed by atoms with Crippen LogP contribution >= 0.6 is 11.6 Å². The van der Waals surface area contributed by atoms with E-state index >= 15 is 0 Å². The van der Waals surface area contributed by atoms with Crippen molar-refractivity contribution in [2.24, 2.45) is 11.8 Å². The van der Waals surface area contributed by atoms with E-state index in [2.05, 4.69) is 16.0 Å². The lowest BCUT2D eigenvalue weighted by Crippen LogP contribution is -2.51. The number of hydrogen-bond donors (Lipinski definition) is 3. The predicted octanol–water partition coefficient (Wildman–Crippen LogP) is 2.70. The minimum atomic E-state index is -0.862. The maximum Gasteiger partial charge on any atom is 0.408 e. The number of aldehydes is 1. The number of hydrogen-bond acceptors (Lipinski definition) is 5. The minimum absolute atomic E-state index is 0.0160. The number of carbonyl (C=O) groups is 4. The van der Waals surface area contributed by atoms with Crippen molar-refractivity contribution in [1.82, 2.24) is 16.0 Å². The van der Waals surface area contributed by atoms with Crippen molar-refractivity contribution >= 4 is 41.9 Å². The van der Waals surface area contributed by atoms with E-state index in [1.165, 1.54) is 0 Å². The Morgan fingerprint density at radius 3 is 2.72 bits per heavy atom. The topological polar surface area (TPSA) is 114 Å². The third-order valence-corrected chi connectivity index (χ3v) is 5.21. The summed E-state index contributed by atoms with van der Waals surface area (Å²) in [6, 6.07) is 5.56. The zero-order valence-corrected chi connectivity index (χ0v) is 19.1. The number of alkyl carbamates (subject to hydrolysis) is 1. The Morgan fingerprint density at radius 2 is 2.09 bits per heavy atom. The van der Waals surface area contributed by atoms with Crippen LogP contribution in [-0.2, 0) is 19.1 Å². The molecule has 1 saturated heterocycles. The van der Waals surface area contributed by atoms with Gasteiger partial charge < -0.3 is 25.5 Å². The molecule has 8 nitrogen and oxygen atoms in total. The van der Waals surface area contributed by atoms with Crippen molar-refractivity contribution in [3.8, 4) is 0 Å². The summed E-state index contributed by atoms with van der Waals surface area (Å²) in [6.07, 6.45) is 4.54. The Bertz CT molecular complexity index is 843. The smallest absolute Gasteiger partial charge is 0.408 e. The lowest BCUT2D eigenvalue weighted by molar-refractivity contribution is -0.127. The van der Waals surface area contributed by atoms with Crippen molar-refractivity contribution in [1.29, 1.82) is 0 Å². The molecule has 0 saturated carbocycles. The van der Waals surface area contributed by atoms with Crippen molar-refractivity contribution in [3.05, 3.63) is 40.9 Å². The van der Waals surface area contributed by atoms with Gasteiger partial charge in [0.15, 0.2) is 0 Å². The molecule has 1 aromatic carbocycles. The van der Waals surface area contributed by atoms with Gasteiger partial charge in [0, 0.05) is 17.5 Å². The fraction of sp³-hybridized carbons (Fsp3) is 0.478. The van der Waals surface area contributed by atoms with Gasteiger partial charge in [0.2, 0.25) is 11.8 Å². The van der Waals surface area contributed by atoms with Crippen molar-refractivity contribution in [2.45, 2.75) is 45.2 Å². The molecule has 3 atom stereocenters. The van der Waals surface area contributed by atoms with Crippen LogP contribution in [0.15, 0.2) is 30.3 Å². The molecule has 0 spiro atoms. The third kappa shape index (κ3) is 8.70. The molecule has 0 aliphatic carbocycles. The van der Waals surface area contributed by atoms with E-state index in [-0.39, 0.29) is 30.8 Å². The predicted molar refractivity (Wildman–Crippen MR) is 122 cm³/mol. The number of carbonyl (C=O) groups excluding carboxylic acids is 4. The van der Waals surface area contributed by atoms with Crippen molar-refractivity contribution in [3.63, 3.8) is 0 Å². The zero-order chi connectivity index (χ0) is 23.5. The molecular weight excluding hydrogens is 434 g/mol. The highest BCUT2D eigenvalue weighted by atomic mass is 35.5. The van der Waals surface area contributed by atoms with Crippen LogP contribution in [0.1, 0.15) is 38.7 Å². The second-order valence-electron chi connectivity index (χ2n) is 8.15. The van der Waals surface area contributed by atoms with E-state index in [0.717, 1.165) is 5.56 Å². The Labute approximate surface area is 193 Å². The number of nitrogens with one attached hydrogen (secondary N) is 3. The molecule has 0 aromatic heterocycles. The molecule has 174 valence electrons. The van der Waals surface area contributed by atoms with E-state index in [0.29, 0.717) is 30.7 Å². The standard InChI is InChI=1S/C23H30ClN3O5/c1-15(2)11-20(22(30)26-19(14-28)13-17-8-9-25-21(17)29)27-23(31)32-10-4-6-16-5-3-7-18(24)12-16/h3-7,12,14-15,17,19-20H,8-11,13H2,1-2H3,(H,25,29)(H,26,30)(H,27,31)/b6-4+/t17-,19-,20-/m0/s1. The Kier molecular flexibility index (Phi) is 10.2. The molecule has 1 aromatic rings. The van der Waals surface area contributed by atoms with E-state index in [9.17, 15) is 19.2 Å². The summed E-state index contributed by atoms with van der Waals surface area (Å²) in [4.78, 5) is 48.1. The molecule has 3 N–H and O–H groups in total. The summed E-state index contributed by atoms with van der Waals surface area (Å²) >= 11 is 5.93. The molecule has 9 heteroatoms. The monoisotopic (exact) mass is 463 g/mol. The maximum atomic E-state index is 12.7. The first-order valence-electron chi connectivity index (χ1n) is 10.7. The molecule has 1 aliphatic rings. The lowest BCUT2D eigenvalue weighted by Gasteiger charge is -2.22. The molecule has 1 heterocycles. The van der Waals surface area contributed by atoms with Crippen molar-refractivity contribution < 1.29 is 23.9 Å². The average Bonchev–Trinajstić information content (AvgIpc) is 3.14. The van der Waals surface area contributed by atoms with Gasteiger partial charge in [-0.05, 0) is 49.0 Å². The molecule has 32 heavy (non-hydrogen) atoms. The Balaban J connectivity index is 1.87. The number of amides is 3. The summed E-state index contributed by atoms with van der Waals surface area (Å²) in [5.74, 6) is -0.791. The number of rotatable bonds is 11. The van der Waals surface area contributed by atoms with Crippen LogP contribution in [0.5, 0.6) is 0 Å². The highest BCUT2D eigenvalue weighted by Gasteiger charge is 2.30. The summed E-state index contributed by atoms with van der Waals surface area (Å²) in [7, 11) is 0. The second-order valence-corrected chi connectivity index (χ2v) is 8.58. The molecule has 0 radical (unpaired) electrons. The minimum Gasteiger partial charge on any atom is -0.445 e. The number of ether oxygens (including phenoxy) is 1. The molecule has 3 amide bonds. The van der Waals surface area contributed by atoms with Gasteiger partial charge in [-0.2, -0.15) is 0 Å². The van der Waals surface area contributed by atoms with Gasteiger partial charge in [0.05, 0.1) is 6.04 Å². The van der Waals surface area contributed by atoms with E-state index in [4.69, 9.17) is 16.3 Å². The van der Waals surface area contributed by atoms with Gasteiger partial charge in [-0.3, -0.25) is 9.59 Å². The van der Waals surface area contributed by atoms with E-state index < -0.39 is 24.1 Å². The summed E-state index contributed by atoms with van der Waals surface area (Å²) in [5.41, 5.74) is 0.870. The zero-order valence-electron chi connectivity index (χ0n) is 18.3. The Morgan fingerprint density at radius 1 is 1.31 bits per heavy atom. The Hall–Kier alpha value is -2.87. The molecule has 0 bridgehead atoms. The fourth-order valence-electron chi connectivity index (χ4n) is 3.41. The van der Waals surface area contributed by atoms with Gasteiger partial charge in [0.25, 0.3) is 0 Å². The van der Waals surface area contributed by atoms with Crippen LogP contribution in [0.2, 0.25) is 5.02 Å². The third-order valence-electron chi connectivity index (χ3n) is 4.98. The second kappa shape index (κ2) is 12.9. The molecule has 2 rings (SSSR count). The first-order valence-corrected chi connectivity index (χ1v) is 11.0. The van der Waals surface area contributed by atoms with Gasteiger partial charge >= 0.3 is 6.09 Å². The molecular formula is C23H30ClN3O5. The van der Waals surface area contributed by atoms with Crippen LogP contribution in [0.25, 0.3) is 6.08 Å². The number of benzene rings is 1. The summed E-state index contributed by atoms with van der Waals surface area (Å²) < 4.78 is 5.14. The van der Waals surface area contributed by atoms with Crippen molar-refractivity contribution in [2.75, 3.05) is 13.2 Å². The highest BCUT2D eigenvalue weighted by molar-refractivity contribution is 6.30. The van der Waals surface area contributed by atoms with Gasteiger partial charge in [-0.15, -0.1) is 0 Å². The van der Waals surface area contributed by atoms with Gasteiger partial charge in [-0.25, -0.2) is 4.79 Å². The van der Waals surface area contributed by atoms with Gasteiger partial charge in [-0.1, -0.05) is 43.7 Å². The first-order chi connectivity index (χ1) is 15.3. The van der Waals surface area contributed by atoms with Crippen LogP contribution in [0, 0.1) is 11.8 Å². The summed E-state index contributed by atoms with van der Waals surface area (Å²) in [6.45, 7) is 4.42.